The number of nitrogens with zero attached hydrogens (tertiary/aromatic N) is 1. The van der Waals surface area contributed by atoms with Crippen molar-refractivity contribution >= 4 is 41.1 Å². The van der Waals surface area contributed by atoms with Gasteiger partial charge in [0.05, 0.1) is 22.7 Å². The summed E-state index contributed by atoms with van der Waals surface area (Å²) in [4.78, 5) is 35.9. The van der Waals surface area contributed by atoms with Crippen molar-refractivity contribution in [2.45, 2.75) is 0 Å². The van der Waals surface area contributed by atoms with Gasteiger partial charge in [0.2, 0.25) is 0 Å². The number of carbonyl (C=O) groups is 3. The van der Waals surface area contributed by atoms with E-state index in [1.165, 1.54) is 19.2 Å². The minimum absolute atomic E-state index is 0.0782. The number of amides is 3. The largest absolute Gasteiger partial charge is 0.494 e. The van der Waals surface area contributed by atoms with Gasteiger partial charge in [-0.3, -0.25) is 9.69 Å². The van der Waals surface area contributed by atoms with E-state index in [9.17, 15) is 14.4 Å². The number of methoxy groups -OCH3 is 1. The molecule has 0 spiro atoms. The molecule has 1 aromatic carbocycles. The molecule has 1 heterocycles. The summed E-state index contributed by atoms with van der Waals surface area (Å²) in [7, 11) is 1.39. The van der Waals surface area contributed by atoms with Gasteiger partial charge in [-0.25, -0.2) is 9.59 Å². The summed E-state index contributed by atoms with van der Waals surface area (Å²) in [6, 6.07) is 2.14. The standard InChI is InChI=1S/C13H12Cl2N2O5/c1-21-11-8(14)4-7(5-9(11)15)12(19)22-6-10(18)17-3-2-16-13(17)20/h4-5H,2-3,6H2,1H3,(H,16,20). The summed E-state index contributed by atoms with van der Waals surface area (Å²) < 4.78 is 9.83. The van der Waals surface area contributed by atoms with E-state index < -0.39 is 24.5 Å². The van der Waals surface area contributed by atoms with Gasteiger partial charge < -0.3 is 14.8 Å². The van der Waals surface area contributed by atoms with E-state index in [0.717, 1.165) is 4.90 Å². The van der Waals surface area contributed by atoms with Crippen LogP contribution in [0.15, 0.2) is 12.1 Å². The lowest BCUT2D eigenvalue weighted by Crippen LogP contribution is -2.37. The summed E-state index contributed by atoms with van der Waals surface area (Å²) >= 11 is 11.8. The van der Waals surface area contributed by atoms with Crippen molar-refractivity contribution in [3.8, 4) is 5.75 Å². The molecule has 0 aromatic heterocycles. The Balaban J connectivity index is 2.01. The van der Waals surface area contributed by atoms with E-state index in [4.69, 9.17) is 32.7 Å². The first-order chi connectivity index (χ1) is 10.4. The summed E-state index contributed by atoms with van der Waals surface area (Å²) in [5.41, 5.74) is 0.0782. The first-order valence-corrected chi connectivity index (χ1v) is 6.98. The van der Waals surface area contributed by atoms with E-state index in [2.05, 4.69) is 5.32 Å². The van der Waals surface area contributed by atoms with Crippen molar-refractivity contribution in [2.24, 2.45) is 0 Å². The summed E-state index contributed by atoms with van der Waals surface area (Å²) in [5, 5.41) is 2.77. The molecule has 0 bridgehead atoms. The quantitative estimate of drug-likeness (QED) is 0.839. The molecule has 0 aliphatic carbocycles. The third-order valence-electron chi connectivity index (χ3n) is 2.92. The Hall–Kier alpha value is -1.99. The Kier molecular flexibility index (Phi) is 5.10. The van der Waals surface area contributed by atoms with E-state index in [1.54, 1.807) is 0 Å². The molecule has 1 aliphatic rings. The third kappa shape index (κ3) is 3.42. The van der Waals surface area contributed by atoms with Crippen LogP contribution in [-0.2, 0) is 9.53 Å². The number of nitrogens with one attached hydrogen (secondary N) is 1. The highest BCUT2D eigenvalue weighted by Crippen LogP contribution is 2.33. The highest BCUT2D eigenvalue weighted by Gasteiger charge is 2.27. The van der Waals surface area contributed by atoms with Gasteiger partial charge in [0, 0.05) is 13.1 Å². The zero-order valence-corrected chi connectivity index (χ0v) is 13.0. The van der Waals surface area contributed by atoms with Crippen molar-refractivity contribution in [1.29, 1.82) is 0 Å². The number of urea groups is 1. The number of rotatable bonds is 4. The van der Waals surface area contributed by atoms with E-state index in [-0.39, 0.29) is 27.9 Å². The molecular formula is C13H12Cl2N2O5. The number of esters is 1. The monoisotopic (exact) mass is 346 g/mol. The predicted molar refractivity (Wildman–Crippen MR) is 78.4 cm³/mol. The number of ether oxygens (including phenoxy) is 2. The van der Waals surface area contributed by atoms with Crippen molar-refractivity contribution < 1.29 is 23.9 Å². The number of benzene rings is 1. The van der Waals surface area contributed by atoms with E-state index in [0.29, 0.717) is 6.54 Å². The molecule has 1 saturated heterocycles. The average molecular weight is 347 g/mol. The molecule has 0 radical (unpaired) electrons. The van der Waals surface area contributed by atoms with Crippen LogP contribution in [0.2, 0.25) is 10.0 Å². The third-order valence-corrected chi connectivity index (χ3v) is 3.48. The van der Waals surface area contributed by atoms with Crippen LogP contribution in [0.5, 0.6) is 5.75 Å². The lowest BCUT2D eigenvalue weighted by atomic mass is 10.2. The van der Waals surface area contributed by atoms with Crippen LogP contribution >= 0.6 is 23.2 Å². The number of hydrogen-bond acceptors (Lipinski definition) is 5. The van der Waals surface area contributed by atoms with Crippen molar-refractivity contribution in [3.63, 3.8) is 0 Å². The SMILES string of the molecule is COc1c(Cl)cc(C(=O)OCC(=O)N2CCNC2=O)cc1Cl. The average Bonchev–Trinajstić information content (AvgIpc) is 2.90. The lowest BCUT2D eigenvalue weighted by molar-refractivity contribution is -0.130. The molecule has 22 heavy (non-hydrogen) atoms. The predicted octanol–water partition coefficient (Wildman–Crippen LogP) is 1.71. The van der Waals surface area contributed by atoms with Gasteiger partial charge in [-0.15, -0.1) is 0 Å². The molecule has 9 heteroatoms. The van der Waals surface area contributed by atoms with Gasteiger partial charge >= 0.3 is 12.0 Å². The number of halogens is 2. The van der Waals surface area contributed by atoms with Crippen LogP contribution in [0.25, 0.3) is 0 Å². The van der Waals surface area contributed by atoms with Gasteiger partial charge in [0.1, 0.15) is 0 Å². The van der Waals surface area contributed by atoms with Gasteiger partial charge in [-0.1, -0.05) is 23.2 Å². The normalized spacial score (nSPS) is 13.8. The Labute approximate surface area is 136 Å². The molecule has 7 nitrogen and oxygen atoms in total. The number of hydrogen-bond donors (Lipinski definition) is 1. The molecule has 1 aromatic rings. The Morgan fingerprint density at radius 3 is 2.45 bits per heavy atom. The molecule has 3 amide bonds. The smallest absolute Gasteiger partial charge is 0.338 e. The molecule has 1 N–H and O–H groups in total. The minimum atomic E-state index is -0.778. The van der Waals surface area contributed by atoms with Crippen LogP contribution in [0.1, 0.15) is 10.4 Å². The molecule has 2 rings (SSSR count). The maximum Gasteiger partial charge on any atom is 0.338 e. The van der Waals surface area contributed by atoms with Crippen LogP contribution in [0.3, 0.4) is 0 Å². The van der Waals surface area contributed by atoms with Gasteiger partial charge in [-0.05, 0) is 12.1 Å². The fourth-order valence-electron chi connectivity index (χ4n) is 1.87. The summed E-state index contributed by atoms with van der Waals surface area (Å²) in [5.74, 6) is -1.14. The number of imide groups is 1. The second-order valence-corrected chi connectivity index (χ2v) is 5.14. The summed E-state index contributed by atoms with van der Waals surface area (Å²) in [6.07, 6.45) is 0. The zero-order chi connectivity index (χ0) is 16.3. The van der Waals surface area contributed by atoms with Crippen LogP contribution < -0.4 is 10.1 Å². The van der Waals surface area contributed by atoms with Gasteiger partial charge in [0.15, 0.2) is 12.4 Å². The van der Waals surface area contributed by atoms with Crippen molar-refractivity contribution in [2.75, 3.05) is 26.8 Å². The first kappa shape index (κ1) is 16.4. The van der Waals surface area contributed by atoms with Gasteiger partial charge in [-0.2, -0.15) is 0 Å². The molecule has 1 fully saturated rings. The fraction of sp³-hybridized carbons (Fsp3) is 0.308. The second-order valence-electron chi connectivity index (χ2n) is 4.33. The summed E-state index contributed by atoms with van der Waals surface area (Å²) in [6.45, 7) is 0.0745. The fourth-order valence-corrected chi connectivity index (χ4v) is 2.51. The zero-order valence-electron chi connectivity index (χ0n) is 11.5. The Morgan fingerprint density at radius 2 is 1.95 bits per heavy atom. The van der Waals surface area contributed by atoms with Crippen molar-refractivity contribution in [1.82, 2.24) is 10.2 Å². The molecule has 1 aliphatic heterocycles. The maximum atomic E-state index is 11.9. The molecule has 0 saturated carbocycles. The lowest BCUT2D eigenvalue weighted by Gasteiger charge is -2.12. The van der Waals surface area contributed by atoms with Crippen LogP contribution in [0, 0.1) is 0 Å². The Morgan fingerprint density at radius 1 is 1.32 bits per heavy atom. The van der Waals surface area contributed by atoms with Gasteiger partial charge in [0.25, 0.3) is 5.91 Å². The van der Waals surface area contributed by atoms with E-state index in [1.807, 2.05) is 0 Å². The topological polar surface area (TPSA) is 84.9 Å². The highest BCUT2D eigenvalue weighted by atomic mass is 35.5. The molecule has 0 unspecified atom stereocenters. The van der Waals surface area contributed by atoms with Crippen molar-refractivity contribution in [3.05, 3.63) is 27.7 Å². The molecule has 0 atom stereocenters. The van der Waals surface area contributed by atoms with Crippen LogP contribution in [-0.4, -0.2) is 49.6 Å². The Bertz CT molecular complexity index is 612. The van der Waals surface area contributed by atoms with Crippen LogP contribution in [0.4, 0.5) is 4.79 Å². The molecular weight excluding hydrogens is 335 g/mol. The van der Waals surface area contributed by atoms with E-state index >= 15 is 0 Å². The highest BCUT2D eigenvalue weighted by molar-refractivity contribution is 6.37. The maximum absolute atomic E-state index is 11.9. The second kappa shape index (κ2) is 6.85. The minimum Gasteiger partial charge on any atom is -0.494 e. The molecule has 118 valence electrons. The number of carbonyl (C=O) groups excluding carboxylic acids is 3. The first-order valence-electron chi connectivity index (χ1n) is 6.22.